The maximum absolute atomic E-state index is 10.4. The van der Waals surface area contributed by atoms with Crippen molar-refractivity contribution in [3.05, 3.63) is 0 Å². The van der Waals surface area contributed by atoms with E-state index in [9.17, 15) is 9.59 Å². The van der Waals surface area contributed by atoms with Crippen molar-refractivity contribution >= 4 is 12.2 Å². The van der Waals surface area contributed by atoms with Gasteiger partial charge in [-0.3, -0.25) is 0 Å². The summed E-state index contributed by atoms with van der Waals surface area (Å²) in [4.78, 5) is 20.7. The summed E-state index contributed by atoms with van der Waals surface area (Å²) >= 11 is 0. The van der Waals surface area contributed by atoms with Gasteiger partial charge in [0.05, 0.1) is 18.7 Å². The summed E-state index contributed by atoms with van der Waals surface area (Å²) in [6.45, 7) is 0.625. The molecule has 7 nitrogen and oxygen atoms in total. The lowest BCUT2D eigenvalue weighted by atomic mass is 10.0. The van der Waals surface area contributed by atoms with E-state index < -0.39 is 24.3 Å². The van der Waals surface area contributed by atoms with E-state index in [1.165, 1.54) is 0 Å². The Bertz CT molecular complexity index is 208. The summed E-state index contributed by atoms with van der Waals surface area (Å²) in [6, 6.07) is -0.935. The molecule has 0 aromatic rings. The third-order valence-corrected chi connectivity index (χ3v) is 1.97. The molecule has 0 aromatic heterocycles. The van der Waals surface area contributed by atoms with E-state index in [4.69, 9.17) is 14.9 Å². The number of carboxylic acid groups (broad SMARTS) is 2. The second-order valence-corrected chi connectivity index (χ2v) is 2.98. The summed E-state index contributed by atoms with van der Waals surface area (Å²) in [5.41, 5.74) is 0. The molecule has 0 radical (unpaired) electrons. The van der Waals surface area contributed by atoms with Gasteiger partial charge in [0.1, 0.15) is 0 Å². The van der Waals surface area contributed by atoms with Gasteiger partial charge in [0, 0.05) is 6.61 Å². The normalized spacial score (nSPS) is 26.6. The van der Waals surface area contributed by atoms with Crippen LogP contribution >= 0.6 is 0 Å². The van der Waals surface area contributed by atoms with Gasteiger partial charge in [0.25, 0.3) is 0 Å². The second kappa shape index (κ2) is 4.66. The molecule has 14 heavy (non-hydrogen) atoms. The zero-order chi connectivity index (χ0) is 10.6. The molecule has 1 fully saturated rings. The van der Waals surface area contributed by atoms with Crippen molar-refractivity contribution in [2.75, 3.05) is 13.2 Å². The third kappa shape index (κ3) is 3.09. The minimum atomic E-state index is -1.18. The molecule has 0 aliphatic carbocycles. The van der Waals surface area contributed by atoms with Crippen molar-refractivity contribution in [3.8, 4) is 0 Å². The highest BCUT2D eigenvalue weighted by atomic mass is 16.5. The van der Waals surface area contributed by atoms with Gasteiger partial charge < -0.3 is 25.6 Å². The van der Waals surface area contributed by atoms with E-state index in [1.54, 1.807) is 0 Å². The molecule has 1 aliphatic heterocycles. The lowest BCUT2D eigenvalue weighted by molar-refractivity contribution is 0.0495. The molecule has 0 aromatic carbocycles. The molecule has 1 heterocycles. The summed E-state index contributed by atoms with van der Waals surface area (Å²) < 4.78 is 5.04. The summed E-state index contributed by atoms with van der Waals surface area (Å²) in [7, 11) is 0. The SMILES string of the molecule is O=C(O)N[C@H]1COCC[C@H]1NC(=O)O. The highest BCUT2D eigenvalue weighted by molar-refractivity contribution is 5.66. The molecule has 1 rings (SSSR count). The van der Waals surface area contributed by atoms with Crippen molar-refractivity contribution in [2.45, 2.75) is 18.5 Å². The van der Waals surface area contributed by atoms with Crippen LogP contribution in [0.1, 0.15) is 6.42 Å². The van der Waals surface area contributed by atoms with Gasteiger partial charge in [0.15, 0.2) is 0 Å². The molecule has 2 amide bonds. The molecule has 80 valence electrons. The Hall–Kier alpha value is -1.50. The van der Waals surface area contributed by atoms with Gasteiger partial charge in [-0.1, -0.05) is 0 Å². The number of nitrogens with one attached hydrogen (secondary N) is 2. The molecule has 4 N–H and O–H groups in total. The maximum Gasteiger partial charge on any atom is 0.405 e. The Morgan fingerprint density at radius 2 is 1.71 bits per heavy atom. The van der Waals surface area contributed by atoms with E-state index in [0.717, 1.165) is 0 Å². The molecule has 0 saturated carbocycles. The van der Waals surface area contributed by atoms with E-state index in [0.29, 0.717) is 13.0 Å². The Kier molecular flexibility index (Phi) is 3.52. The monoisotopic (exact) mass is 204 g/mol. The highest BCUT2D eigenvalue weighted by Gasteiger charge is 2.28. The molecule has 0 unspecified atom stereocenters. The predicted molar refractivity (Wildman–Crippen MR) is 45.3 cm³/mol. The van der Waals surface area contributed by atoms with Crippen molar-refractivity contribution in [3.63, 3.8) is 0 Å². The Labute approximate surface area is 80.0 Å². The van der Waals surface area contributed by atoms with Crippen LogP contribution in [-0.4, -0.2) is 47.7 Å². The summed E-state index contributed by atoms with van der Waals surface area (Å²) in [5.74, 6) is 0. The van der Waals surface area contributed by atoms with Crippen LogP contribution in [0.3, 0.4) is 0 Å². The average molecular weight is 204 g/mol. The van der Waals surface area contributed by atoms with Gasteiger partial charge >= 0.3 is 12.2 Å². The van der Waals surface area contributed by atoms with Crippen LogP contribution in [0.25, 0.3) is 0 Å². The minimum Gasteiger partial charge on any atom is -0.465 e. The van der Waals surface area contributed by atoms with Gasteiger partial charge in [-0.25, -0.2) is 9.59 Å². The molecule has 1 saturated heterocycles. The number of hydrogen-bond acceptors (Lipinski definition) is 3. The lowest BCUT2D eigenvalue weighted by Crippen LogP contribution is -2.56. The van der Waals surface area contributed by atoms with Crippen molar-refractivity contribution in [1.29, 1.82) is 0 Å². The fourth-order valence-corrected chi connectivity index (χ4v) is 1.37. The minimum absolute atomic E-state index is 0.192. The quantitative estimate of drug-likeness (QED) is 0.493. The standard InChI is InChI=1S/C7H12N2O5/c10-6(11)8-4-1-2-14-3-5(4)9-7(12)13/h4-5,8-9H,1-3H2,(H,10,11)(H,12,13)/t4-,5+/m1/s1. The highest BCUT2D eigenvalue weighted by Crippen LogP contribution is 2.07. The fourth-order valence-electron chi connectivity index (χ4n) is 1.37. The Morgan fingerprint density at radius 3 is 2.29 bits per heavy atom. The van der Waals surface area contributed by atoms with E-state index in [2.05, 4.69) is 10.6 Å². The molecular formula is C7H12N2O5. The van der Waals surface area contributed by atoms with Crippen molar-refractivity contribution in [1.82, 2.24) is 10.6 Å². The molecule has 0 bridgehead atoms. The molecular weight excluding hydrogens is 192 g/mol. The number of carbonyl (C=O) groups is 2. The van der Waals surface area contributed by atoms with E-state index in [-0.39, 0.29) is 6.61 Å². The number of ether oxygens (including phenoxy) is 1. The van der Waals surface area contributed by atoms with Crippen LogP contribution in [0.2, 0.25) is 0 Å². The Morgan fingerprint density at radius 1 is 1.14 bits per heavy atom. The Balaban J connectivity index is 2.49. The van der Waals surface area contributed by atoms with Gasteiger partial charge in [-0.15, -0.1) is 0 Å². The van der Waals surface area contributed by atoms with Gasteiger partial charge in [-0.2, -0.15) is 0 Å². The van der Waals surface area contributed by atoms with Crippen molar-refractivity contribution < 1.29 is 24.5 Å². The first-order valence-electron chi connectivity index (χ1n) is 4.16. The topological polar surface area (TPSA) is 108 Å². The first kappa shape index (κ1) is 10.6. The average Bonchev–Trinajstić information content (AvgIpc) is 2.06. The van der Waals surface area contributed by atoms with Crippen LogP contribution < -0.4 is 10.6 Å². The summed E-state index contributed by atoms with van der Waals surface area (Å²) in [5, 5.41) is 21.4. The molecule has 7 heteroatoms. The zero-order valence-corrected chi connectivity index (χ0v) is 7.40. The van der Waals surface area contributed by atoms with Crippen LogP contribution in [0.4, 0.5) is 9.59 Å². The second-order valence-electron chi connectivity index (χ2n) is 2.98. The smallest absolute Gasteiger partial charge is 0.405 e. The maximum atomic E-state index is 10.4. The van der Waals surface area contributed by atoms with Gasteiger partial charge in [0.2, 0.25) is 0 Å². The first-order chi connectivity index (χ1) is 6.59. The molecule has 1 aliphatic rings. The van der Waals surface area contributed by atoms with Crippen molar-refractivity contribution in [2.24, 2.45) is 0 Å². The largest absolute Gasteiger partial charge is 0.465 e. The number of rotatable bonds is 2. The van der Waals surface area contributed by atoms with Crippen LogP contribution in [0, 0.1) is 0 Å². The summed E-state index contributed by atoms with van der Waals surface area (Å²) in [6.07, 6.45) is -1.87. The van der Waals surface area contributed by atoms with Crippen LogP contribution in [-0.2, 0) is 4.74 Å². The first-order valence-corrected chi connectivity index (χ1v) is 4.16. The number of amides is 2. The van der Waals surface area contributed by atoms with Crippen LogP contribution in [0.5, 0.6) is 0 Å². The zero-order valence-electron chi connectivity index (χ0n) is 7.40. The van der Waals surface area contributed by atoms with Crippen LogP contribution in [0.15, 0.2) is 0 Å². The van der Waals surface area contributed by atoms with E-state index in [1.807, 2.05) is 0 Å². The third-order valence-electron chi connectivity index (χ3n) is 1.97. The lowest BCUT2D eigenvalue weighted by Gasteiger charge is -2.30. The molecule has 0 spiro atoms. The van der Waals surface area contributed by atoms with Gasteiger partial charge in [-0.05, 0) is 6.42 Å². The fraction of sp³-hybridized carbons (Fsp3) is 0.714. The van der Waals surface area contributed by atoms with E-state index >= 15 is 0 Å². The molecule has 2 atom stereocenters. The number of hydrogen-bond donors (Lipinski definition) is 4. The predicted octanol–water partition coefficient (Wildman–Crippen LogP) is -0.321.